The number of rotatable bonds is 7. The van der Waals surface area contributed by atoms with Gasteiger partial charge in [-0.15, -0.1) is 0 Å². The Morgan fingerprint density at radius 2 is 1.90 bits per heavy atom. The number of quaternary nitrogens is 1. The van der Waals surface area contributed by atoms with E-state index < -0.39 is 0 Å². The van der Waals surface area contributed by atoms with Gasteiger partial charge in [0.05, 0.1) is 45.4 Å². The number of hydrogen-bond acceptors (Lipinski definition) is 3. The Morgan fingerprint density at radius 3 is 2.60 bits per heavy atom. The van der Waals surface area contributed by atoms with Crippen molar-refractivity contribution < 1.29 is 23.6 Å². The summed E-state index contributed by atoms with van der Waals surface area (Å²) in [5, 5.41) is 2.64. The lowest BCUT2D eigenvalue weighted by molar-refractivity contribution is -0.917. The Hall–Kier alpha value is -3.19. The van der Waals surface area contributed by atoms with Crippen LogP contribution in [0.1, 0.15) is 11.1 Å². The van der Waals surface area contributed by atoms with Gasteiger partial charge >= 0.3 is 0 Å². The van der Waals surface area contributed by atoms with Crippen molar-refractivity contribution in [2.24, 2.45) is 0 Å². The van der Waals surface area contributed by atoms with E-state index in [1.807, 2.05) is 30.3 Å². The van der Waals surface area contributed by atoms with Crippen LogP contribution in [0.4, 0.5) is 4.39 Å². The number of methoxy groups -OCH3 is 1. The lowest BCUT2D eigenvalue weighted by atomic mass is 10.1. The first-order valence-electron chi connectivity index (χ1n) is 10.00. The molecule has 1 aliphatic rings. The number of benzene rings is 2. The van der Waals surface area contributed by atoms with Gasteiger partial charge in [-0.3, -0.25) is 9.59 Å². The number of ether oxygens (including phenoxy) is 1. The standard InChI is InChI=1S/C23H26FN3O3/c1-30-21-9-8-20(24)15-19(21)17-26-11-13-27(14-12-26)23(29)16-25-22(28)10-7-18-5-3-2-4-6-18/h2-10,15H,11-14,16-17H2,1H3,(H,25,28)/p+1/b10-7+. The quantitative estimate of drug-likeness (QED) is 0.664. The zero-order valence-corrected chi connectivity index (χ0v) is 17.1. The third-order valence-corrected chi connectivity index (χ3v) is 5.15. The maximum absolute atomic E-state index is 13.6. The first-order chi connectivity index (χ1) is 14.5. The van der Waals surface area contributed by atoms with Crippen LogP contribution in [0.25, 0.3) is 6.08 Å². The lowest BCUT2D eigenvalue weighted by Gasteiger charge is -2.32. The molecule has 2 amide bonds. The van der Waals surface area contributed by atoms with Crippen molar-refractivity contribution in [3.63, 3.8) is 0 Å². The van der Waals surface area contributed by atoms with Gasteiger partial charge in [0, 0.05) is 6.08 Å². The summed E-state index contributed by atoms with van der Waals surface area (Å²) < 4.78 is 18.9. The zero-order chi connectivity index (χ0) is 21.3. The number of halogens is 1. The molecule has 1 aliphatic heterocycles. The second-order valence-corrected chi connectivity index (χ2v) is 7.23. The molecule has 3 rings (SSSR count). The minimum Gasteiger partial charge on any atom is -0.496 e. The molecule has 0 unspecified atom stereocenters. The van der Waals surface area contributed by atoms with Crippen molar-refractivity contribution >= 4 is 17.9 Å². The summed E-state index contributed by atoms with van der Waals surface area (Å²) in [5.41, 5.74) is 1.75. The van der Waals surface area contributed by atoms with Crippen molar-refractivity contribution in [3.05, 3.63) is 71.6 Å². The molecule has 30 heavy (non-hydrogen) atoms. The topological polar surface area (TPSA) is 63.1 Å². The van der Waals surface area contributed by atoms with Crippen LogP contribution in [0.15, 0.2) is 54.6 Å². The van der Waals surface area contributed by atoms with Crippen LogP contribution in [0.3, 0.4) is 0 Å². The molecule has 0 aliphatic carbocycles. The van der Waals surface area contributed by atoms with Crippen molar-refractivity contribution in [1.82, 2.24) is 10.2 Å². The fraction of sp³-hybridized carbons (Fsp3) is 0.304. The van der Waals surface area contributed by atoms with Crippen LogP contribution in [-0.4, -0.2) is 56.5 Å². The van der Waals surface area contributed by atoms with Gasteiger partial charge in [-0.05, 0) is 29.8 Å². The molecule has 0 saturated carbocycles. The number of carbonyl (C=O) groups is 2. The number of piperazine rings is 1. The van der Waals surface area contributed by atoms with Crippen LogP contribution in [0.5, 0.6) is 5.75 Å². The Labute approximate surface area is 175 Å². The van der Waals surface area contributed by atoms with E-state index in [9.17, 15) is 14.0 Å². The van der Waals surface area contributed by atoms with Gasteiger partial charge in [-0.2, -0.15) is 0 Å². The highest BCUT2D eigenvalue weighted by atomic mass is 19.1. The van der Waals surface area contributed by atoms with E-state index in [0.29, 0.717) is 25.4 Å². The number of hydrogen-bond donors (Lipinski definition) is 2. The maximum Gasteiger partial charge on any atom is 0.244 e. The van der Waals surface area contributed by atoms with Crippen LogP contribution in [0.2, 0.25) is 0 Å². The van der Waals surface area contributed by atoms with Crippen molar-refractivity contribution in [2.75, 3.05) is 39.8 Å². The van der Waals surface area contributed by atoms with Crippen LogP contribution < -0.4 is 15.0 Å². The molecule has 1 saturated heterocycles. The minimum absolute atomic E-state index is 0.0228. The van der Waals surface area contributed by atoms with E-state index in [1.165, 1.54) is 23.1 Å². The molecule has 2 N–H and O–H groups in total. The van der Waals surface area contributed by atoms with E-state index >= 15 is 0 Å². The van der Waals surface area contributed by atoms with Gasteiger partial charge < -0.3 is 19.9 Å². The highest BCUT2D eigenvalue weighted by Gasteiger charge is 2.24. The van der Waals surface area contributed by atoms with Gasteiger partial charge in [-0.25, -0.2) is 4.39 Å². The average Bonchev–Trinajstić information content (AvgIpc) is 2.77. The van der Waals surface area contributed by atoms with E-state index in [2.05, 4.69) is 5.32 Å². The SMILES string of the molecule is COc1ccc(F)cc1C[NH+]1CCN(C(=O)CNC(=O)/C=C/c2ccccc2)CC1. The smallest absolute Gasteiger partial charge is 0.244 e. The Balaban J connectivity index is 1.42. The Morgan fingerprint density at radius 1 is 1.17 bits per heavy atom. The summed E-state index contributed by atoms with van der Waals surface area (Å²) >= 11 is 0. The van der Waals surface area contributed by atoms with Crippen LogP contribution in [-0.2, 0) is 16.1 Å². The summed E-state index contributed by atoms with van der Waals surface area (Å²) in [4.78, 5) is 27.3. The van der Waals surface area contributed by atoms with E-state index in [0.717, 1.165) is 24.2 Å². The third-order valence-electron chi connectivity index (χ3n) is 5.15. The Kier molecular flexibility index (Phi) is 7.57. The van der Waals surface area contributed by atoms with E-state index in [4.69, 9.17) is 4.74 Å². The maximum atomic E-state index is 13.6. The summed E-state index contributed by atoms with van der Waals surface area (Å²) in [6.07, 6.45) is 3.14. The van der Waals surface area contributed by atoms with Crippen molar-refractivity contribution in [2.45, 2.75) is 6.54 Å². The average molecular weight is 412 g/mol. The first-order valence-corrected chi connectivity index (χ1v) is 10.00. The molecule has 1 fully saturated rings. The molecule has 1 heterocycles. The molecule has 0 atom stereocenters. The highest BCUT2D eigenvalue weighted by molar-refractivity contribution is 5.94. The number of carbonyl (C=O) groups excluding carboxylic acids is 2. The van der Waals surface area contributed by atoms with Crippen LogP contribution in [0, 0.1) is 5.82 Å². The van der Waals surface area contributed by atoms with E-state index in [1.54, 1.807) is 24.2 Å². The summed E-state index contributed by atoms with van der Waals surface area (Å²) in [5.74, 6) is -0.00162. The highest BCUT2D eigenvalue weighted by Crippen LogP contribution is 2.18. The molecular formula is C23H27FN3O3+. The largest absolute Gasteiger partial charge is 0.496 e. The molecule has 2 aromatic rings. The monoisotopic (exact) mass is 412 g/mol. The minimum atomic E-state index is -0.297. The lowest BCUT2D eigenvalue weighted by Crippen LogP contribution is -3.13. The summed E-state index contributed by atoms with van der Waals surface area (Å²) in [6.45, 7) is 3.33. The molecule has 7 heteroatoms. The normalized spacial score (nSPS) is 14.7. The molecule has 0 radical (unpaired) electrons. The summed E-state index contributed by atoms with van der Waals surface area (Å²) in [7, 11) is 1.58. The van der Waals surface area contributed by atoms with Gasteiger partial charge in [-0.1, -0.05) is 30.3 Å². The molecule has 0 aromatic heterocycles. The molecule has 2 aromatic carbocycles. The van der Waals surface area contributed by atoms with Gasteiger partial charge in [0.25, 0.3) is 0 Å². The Bertz CT molecular complexity index is 894. The third kappa shape index (κ3) is 6.15. The zero-order valence-electron chi connectivity index (χ0n) is 17.1. The number of amides is 2. The second kappa shape index (κ2) is 10.5. The molecular weight excluding hydrogens is 385 g/mol. The molecule has 0 bridgehead atoms. The van der Waals surface area contributed by atoms with Crippen molar-refractivity contribution in [1.29, 1.82) is 0 Å². The molecule has 0 spiro atoms. The van der Waals surface area contributed by atoms with Gasteiger partial charge in [0.1, 0.15) is 18.1 Å². The predicted octanol–water partition coefficient (Wildman–Crippen LogP) is 0.891. The number of nitrogens with zero attached hydrogens (tertiary/aromatic N) is 1. The van der Waals surface area contributed by atoms with Gasteiger partial charge in [0.2, 0.25) is 11.8 Å². The molecule has 158 valence electrons. The fourth-order valence-corrected chi connectivity index (χ4v) is 3.47. The second-order valence-electron chi connectivity index (χ2n) is 7.23. The van der Waals surface area contributed by atoms with E-state index in [-0.39, 0.29) is 24.2 Å². The summed E-state index contributed by atoms with van der Waals surface area (Å²) in [6, 6.07) is 14.0. The number of nitrogens with one attached hydrogen (secondary N) is 2. The fourth-order valence-electron chi connectivity index (χ4n) is 3.47. The van der Waals surface area contributed by atoms with Crippen molar-refractivity contribution in [3.8, 4) is 5.75 Å². The first kappa shape index (κ1) is 21.5. The van der Waals surface area contributed by atoms with Crippen LogP contribution >= 0.6 is 0 Å². The predicted molar refractivity (Wildman–Crippen MR) is 112 cm³/mol. The van der Waals surface area contributed by atoms with Gasteiger partial charge in [0.15, 0.2) is 0 Å². The molecule has 6 nitrogen and oxygen atoms in total.